The number of aryl methyl sites for hydroxylation is 1. The maximum atomic E-state index is 11.7. The summed E-state index contributed by atoms with van der Waals surface area (Å²) in [6.45, 7) is 1.31. The van der Waals surface area contributed by atoms with E-state index >= 15 is 0 Å². The Morgan fingerprint density at radius 1 is 1.29 bits per heavy atom. The summed E-state index contributed by atoms with van der Waals surface area (Å²) in [6, 6.07) is 6.53. The number of sulfonamides is 1. The van der Waals surface area contributed by atoms with Crippen LogP contribution >= 0.6 is 0 Å². The highest BCUT2D eigenvalue weighted by Gasteiger charge is 2.15. The molecule has 0 amide bonds. The van der Waals surface area contributed by atoms with Crippen LogP contribution in [0.4, 0.5) is 0 Å². The van der Waals surface area contributed by atoms with Gasteiger partial charge in [-0.2, -0.15) is 0 Å². The number of rotatable bonds is 6. The highest BCUT2D eigenvalue weighted by molar-refractivity contribution is 7.89. The first-order valence-electron chi connectivity index (χ1n) is 5.37. The molecule has 1 unspecified atom stereocenters. The molecule has 0 saturated heterocycles. The van der Waals surface area contributed by atoms with Crippen LogP contribution in [0.15, 0.2) is 29.2 Å². The number of benzene rings is 1. The second-order valence-electron chi connectivity index (χ2n) is 3.69. The van der Waals surface area contributed by atoms with Crippen LogP contribution in [-0.4, -0.2) is 37.9 Å². The predicted molar refractivity (Wildman–Crippen MR) is 64.1 cm³/mol. The first-order chi connectivity index (χ1) is 7.99. The van der Waals surface area contributed by atoms with Gasteiger partial charge < -0.3 is 10.2 Å². The van der Waals surface area contributed by atoms with Gasteiger partial charge in [-0.25, -0.2) is 13.1 Å². The third-order valence-electron chi connectivity index (χ3n) is 2.36. The van der Waals surface area contributed by atoms with Crippen molar-refractivity contribution < 1.29 is 18.6 Å². The van der Waals surface area contributed by atoms with Gasteiger partial charge in [0.05, 0.1) is 17.6 Å². The minimum Gasteiger partial charge on any atom is -0.394 e. The summed E-state index contributed by atoms with van der Waals surface area (Å²) in [5, 5.41) is 17.7. The summed E-state index contributed by atoms with van der Waals surface area (Å²) in [4.78, 5) is 0.153. The summed E-state index contributed by atoms with van der Waals surface area (Å²) in [7, 11) is -3.61. The molecule has 1 atom stereocenters. The van der Waals surface area contributed by atoms with Crippen molar-refractivity contribution in [1.82, 2.24) is 4.72 Å². The number of aliphatic hydroxyl groups excluding tert-OH is 2. The normalized spacial score (nSPS) is 13.6. The van der Waals surface area contributed by atoms with Crippen molar-refractivity contribution in [3.63, 3.8) is 0 Å². The van der Waals surface area contributed by atoms with Crippen LogP contribution in [-0.2, 0) is 16.4 Å². The Hall–Kier alpha value is -0.950. The van der Waals surface area contributed by atoms with E-state index < -0.39 is 22.7 Å². The molecule has 0 aliphatic heterocycles. The zero-order valence-corrected chi connectivity index (χ0v) is 10.4. The highest BCUT2D eigenvalue weighted by Crippen LogP contribution is 2.10. The van der Waals surface area contributed by atoms with E-state index in [-0.39, 0.29) is 11.4 Å². The molecular formula is C11H17NO4S. The second-order valence-corrected chi connectivity index (χ2v) is 5.45. The summed E-state index contributed by atoms with van der Waals surface area (Å²) in [5.41, 5.74) is 1.05. The van der Waals surface area contributed by atoms with Gasteiger partial charge in [0.25, 0.3) is 0 Å². The van der Waals surface area contributed by atoms with E-state index in [4.69, 9.17) is 10.2 Å². The van der Waals surface area contributed by atoms with E-state index in [1.54, 1.807) is 12.1 Å². The largest absolute Gasteiger partial charge is 0.394 e. The van der Waals surface area contributed by atoms with E-state index in [2.05, 4.69) is 4.72 Å². The molecule has 0 aliphatic rings. The molecule has 96 valence electrons. The van der Waals surface area contributed by atoms with Crippen molar-refractivity contribution in [3.05, 3.63) is 29.8 Å². The molecular weight excluding hydrogens is 242 g/mol. The Morgan fingerprint density at radius 2 is 1.88 bits per heavy atom. The van der Waals surface area contributed by atoms with Crippen LogP contribution in [0.1, 0.15) is 12.5 Å². The monoisotopic (exact) mass is 259 g/mol. The summed E-state index contributed by atoms with van der Waals surface area (Å²) in [6.07, 6.45) is -0.239. The van der Waals surface area contributed by atoms with Gasteiger partial charge in [-0.3, -0.25) is 0 Å². The SMILES string of the molecule is CCc1ccc(S(=O)(=O)NCC(O)CO)cc1. The van der Waals surface area contributed by atoms with Crippen molar-refractivity contribution in [2.45, 2.75) is 24.3 Å². The summed E-state index contributed by atoms with van der Waals surface area (Å²) in [5.74, 6) is 0. The Bertz CT molecular complexity index is 441. The van der Waals surface area contributed by atoms with E-state index in [1.807, 2.05) is 6.92 Å². The summed E-state index contributed by atoms with van der Waals surface area (Å²) >= 11 is 0. The lowest BCUT2D eigenvalue weighted by atomic mass is 10.2. The van der Waals surface area contributed by atoms with Crippen molar-refractivity contribution >= 4 is 10.0 Å². The smallest absolute Gasteiger partial charge is 0.240 e. The molecule has 17 heavy (non-hydrogen) atoms. The van der Waals surface area contributed by atoms with Crippen LogP contribution in [0, 0.1) is 0 Å². The first-order valence-corrected chi connectivity index (χ1v) is 6.85. The van der Waals surface area contributed by atoms with Crippen LogP contribution < -0.4 is 4.72 Å². The van der Waals surface area contributed by atoms with Crippen LogP contribution in [0.3, 0.4) is 0 Å². The lowest BCUT2D eigenvalue weighted by Gasteiger charge is -2.10. The zero-order valence-electron chi connectivity index (χ0n) is 9.63. The molecule has 0 bridgehead atoms. The minimum absolute atomic E-state index is 0.153. The molecule has 3 N–H and O–H groups in total. The molecule has 0 spiro atoms. The van der Waals surface area contributed by atoms with E-state index in [9.17, 15) is 8.42 Å². The fraction of sp³-hybridized carbons (Fsp3) is 0.455. The molecule has 6 heteroatoms. The maximum absolute atomic E-state index is 11.7. The van der Waals surface area contributed by atoms with Gasteiger partial charge >= 0.3 is 0 Å². The fourth-order valence-corrected chi connectivity index (χ4v) is 2.33. The third-order valence-corrected chi connectivity index (χ3v) is 3.80. The van der Waals surface area contributed by atoms with Crippen molar-refractivity contribution in [1.29, 1.82) is 0 Å². The van der Waals surface area contributed by atoms with Crippen LogP contribution in [0.5, 0.6) is 0 Å². The highest BCUT2D eigenvalue weighted by atomic mass is 32.2. The topological polar surface area (TPSA) is 86.6 Å². The lowest BCUT2D eigenvalue weighted by molar-refractivity contribution is 0.0988. The van der Waals surface area contributed by atoms with Crippen molar-refractivity contribution in [2.75, 3.05) is 13.2 Å². The van der Waals surface area contributed by atoms with Gasteiger partial charge in [-0.05, 0) is 24.1 Å². The molecule has 0 heterocycles. The van der Waals surface area contributed by atoms with Gasteiger partial charge in [0.2, 0.25) is 10.0 Å². The standard InChI is InChI=1S/C11H17NO4S/c1-2-9-3-5-11(6-4-9)17(15,16)12-7-10(14)8-13/h3-6,10,12-14H,2,7-8H2,1H3. The van der Waals surface area contributed by atoms with Gasteiger partial charge in [0.1, 0.15) is 0 Å². The van der Waals surface area contributed by atoms with Crippen LogP contribution in [0.2, 0.25) is 0 Å². The van der Waals surface area contributed by atoms with E-state index in [0.29, 0.717) is 0 Å². The molecule has 0 saturated carbocycles. The first kappa shape index (κ1) is 14.1. The Morgan fingerprint density at radius 3 is 2.35 bits per heavy atom. The lowest BCUT2D eigenvalue weighted by Crippen LogP contribution is -2.33. The predicted octanol–water partition coefficient (Wildman–Crippen LogP) is -0.120. The Balaban J connectivity index is 2.75. The number of hydrogen-bond acceptors (Lipinski definition) is 4. The molecule has 1 aromatic carbocycles. The second kappa shape index (κ2) is 6.11. The maximum Gasteiger partial charge on any atom is 0.240 e. The van der Waals surface area contributed by atoms with E-state index in [0.717, 1.165) is 12.0 Å². The van der Waals surface area contributed by atoms with Gasteiger partial charge in [-0.1, -0.05) is 19.1 Å². The Kier molecular flexibility index (Phi) is 5.07. The minimum atomic E-state index is -3.61. The third kappa shape index (κ3) is 4.08. The van der Waals surface area contributed by atoms with Crippen molar-refractivity contribution in [2.24, 2.45) is 0 Å². The average Bonchev–Trinajstić information content (AvgIpc) is 2.36. The fourth-order valence-electron chi connectivity index (χ4n) is 1.26. The molecule has 5 nitrogen and oxygen atoms in total. The molecule has 0 fully saturated rings. The van der Waals surface area contributed by atoms with E-state index in [1.165, 1.54) is 12.1 Å². The molecule has 0 radical (unpaired) electrons. The number of aliphatic hydroxyl groups is 2. The summed E-state index contributed by atoms with van der Waals surface area (Å²) < 4.78 is 25.7. The van der Waals surface area contributed by atoms with Gasteiger partial charge in [0.15, 0.2) is 0 Å². The molecule has 1 rings (SSSR count). The molecule has 1 aromatic rings. The average molecular weight is 259 g/mol. The molecule has 0 aliphatic carbocycles. The Labute approximate surface area is 101 Å². The number of nitrogens with one attached hydrogen (secondary N) is 1. The number of hydrogen-bond donors (Lipinski definition) is 3. The van der Waals surface area contributed by atoms with Crippen LogP contribution in [0.25, 0.3) is 0 Å². The zero-order chi connectivity index (χ0) is 12.9. The van der Waals surface area contributed by atoms with Gasteiger partial charge in [-0.15, -0.1) is 0 Å². The quantitative estimate of drug-likeness (QED) is 0.665. The van der Waals surface area contributed by atoms with Crippen molar-refractivity contribution in [3.8, 4) is 0 Å². The van der Waals surface area contributed by atoms with Gasteiger partial charge in [0, 0.05) is 6.54 Å². The molecule has 0 aromatic heterocycles.